The summed E-state index contributed by atoms with van der Waals surface area (Å²) < 4.78 is 46.8. The second-order valence-corrected chi connectivity index (χ2v) is 9.02. The fourth-order valence-corrected chi connectivity index (χ4v) is 4.69. The average Bonchev–Trinajstić information content (AvgIpc) is 3.34. The minimum atomic E-state index is -4.42. The first-order valence-electron chi connectivity index (χ1n) is 10.9. The lowest BCUT2D eigenvalue weighted by molar-refractivity contribution is -0.142. The van der Waals surface area contributed by atoms with Crippen LogP contribution >= 0.6 is 0 Å². The van der Waals surface area contributed by atoms with Gasteiger partial charge in [0.25, 0.3) is 0 Å². The summed E-state index contributed by atoms with van der Waals surface area (Å²) in [7, 11) is 1.49. The molecular weight excluding hydrogens is 465 g/mol. The van der Waals surface area contributed by atoms with Crippen LogP contribution in [0.5, 0.6) is 5.88 Å². The van der Waals surface area contributed by atoms with E-state index in [0.717, 1.165) is 17.5 Å². The average molecular weight is 488 g/mol. The standard InChI is InChI=1S/C22H23F3N8O2/c1-12(34)28-21(2)9-14(10-21)26-20-27-19(35-3)18-15(6-7-32(18)30-20)13-4-5-16-17(8-13)33(31-29-16)11-22(23,24)25/h4-8,14H,9-11H2,1-3H3,(H,26,30)(H,28,34). The Morgan fingerprint density at radius 3 is 2.74 bits per heavy atom. The van der Waals surface area contributed by atoms with Gasteiger partial charge in [0.05, 0.1) is 12.6 Å². The maximum atomic E-state index is 12.9. The highest BCUT2D eigenvalue weighted by molar-refractivity contribution is 5.89. The first kappa shape index (κ1) is 22.9. The number of anilines is 1. The van der Waals surface area contributed by atoms with Crippen molar-refractivity contribution in [3.8, 4) is 17.0 Å². The van der Waals surface area contributed by atoms with Crippen LogP contribution in [-0.4, -0.2) is 60.4 Å². The molecule has 1 saturated carbocycles. The lowest BCUT2D eigenvalue weighted by Gasteiger charge is -2.45. The second-order valence-electron chi connectivity index (χ2n) is 9.02. The summed E-state index contributed by atoms with van der Waals surface area (Å²) in [6.45, 7) is 2.26. The molecule has 13 heteroatoms. The molecule has 0 saturated heterocycles. The highest BCUT2D eigenvalue weighted by Gasteiger charge is 2.41. The van der Waals surface area contributed by atoms with Crippen LogP contribution in [0.15, 0.2) is 30.5 Å². The van der Waals surface area contributed by atoms with E-state index in [1.807, 2.05) is 6.92 Å². The first-order chi connectivity index (χ1) is 16.5. The largest absolute Gasteiger partial charge is 0.479 e. The molecule has 1 aliphatic carbocycles. The minimum Gasteiger partial charge on any atom is -0.479 e. The van der Waals surface area contributed by atoms with Crippen molar-refractivity contribution in [3.05, 3.63) is 30.5 Å². The Bertz CT molecular complexity index is 1420. The molecule has 0 bridgehead atoms. The van der Waals surface area contributed by atoms with Gasteiger partial charge < -0.3 is 15.4 Å². The van der Waals surface area contributed by atoms with Crippen LogP contribution in [0, 0.1) is 0 Å². The van der Waals surface area contributed by atoms with Gasteiger partial charge in [-0.2, -0.15) is 18.2 Å². The second kappa shape index (κ2) is 8.10. The molecule has 4 aromatic rings. The summed E-state index contributed by atoms with van der Waals surface area (Å²) in [5, 5.41) is 18.2. The van der Waals surface area contributed by atoms with Crippen LogP contribution in [-0.2, 0) is 11.3 Å². The van der Waals surface area contributed by atoms with Crippen molar-refractivity contribution in [2.24, 2.45) is 0 Å². The summed E-state index contributed by atoms with van der Waals surface area (Å²) in [4.78, 5) is 15.9. The molecule has 10 nitrogen and oxygen atoms in total. The molecule has 184 valence electrons. The fourth-order valence-electron chi connectivity index (χ4n) is 4.69. The molecular formula is C22H23F3N8O2. The Morgan fingerprint density at radius 2 is 2.06 bits per heavy atom. The molecule has 0 unspecified atom stereocenters. The number of benzene rings is 1. The molecule has 2 N–H and O–H groups in total. The van der Waals surface area contributed by atoms with Crippen LogP contribution in [0.3, 0.4) is 0 Å². The third-order valence-corrected chi connectivity index (χ3v) is 6.03. The number of ether oxygens (including phenoxy) is 1. The van der Waals surface area contributed by atoms with Gasteiger partial charge >= 0.3 is 6.18 Å². The van der Waals surface area contributed by atoms with Crippen molar-refractivity contribution in [2.75, 3.05) is 12.4 Å². The van der Waals surface area contributed by atoms with E-state index >= 15 is 0 Å². The number of rotatable bonds is 6. The van der Waals surface area contributed by atoms with Crippen LogP contribution in [0.4, 0.5) is 19.1 Å². The molecule has 1 fully saturated rings. The van der Waals surface area contributed by atoms with Crippen molar-refractivity contribution in [1.29, 1.82) is 0 Å². The van der Waals surface area contributed by atoms with Crippen LogP contribution in [0.25, 0.3) is 27.7 Å². The zero-order valence-electron chi connectivity index (χ0n) is 19.2. The topological polar surface area (TPSA) is 111 Å². The van der Waals surface area contributed by atoms with Crippen molar-refractivity contribution >= 4 is 28.4 Å². The third-order valence-electron chi connectivity index (χ3n) is 6.03. The van der Waals surface area contributed by atoms with Gasteiger partial charge in [-0.3, -0.25) is 4.79 Å². The van der Waals surface area contributed by atoms with Crippen molar-refractivity contribution in [2.45, 2.75) is 51.0 Å². The number of nitrogens with zero attached hydrogens (tertiary/aromatic N) is 6. The van der Waals surface area contributed by atoms with Crippen LogP contribution in [0.1, 0.15) is 26.7 Å². The van der Waals surface area contributed by atoms with E-state index in [4.69, 9.17) is 4.74 Å². The Hall–Kier alpha value is -3.90. The first-order valence-corrected chi connectivity index (χ1v) is 10.9. The van der Waals surface area contributed by atoms with Gasteiger partial charge in [-0.05, 0) is 43.5 Å². The lowest BCUT2D eigenvalue weighted by Crippen LogP contribution is -2.59. The number of hydrogen-bond acceptors (Lipinski definition) is 7. The molecule has 3 heterocycles. The van der Waals surface area contributed by atoms with E-state index in [-0.39, 0.29) is 23.0 Å². The van der Waals surface area contributed by atoms with Crippen molar-refractivity contribution < 1.29 is 22.7 Å². The number of carbonyl (C=O) groups is 1. The van der Waals surface area contributed by atoms with Crippen LogP contribution in [0.2, 0.25) is 0 Å². The Kier molecular flexibility index (Phi) is 5.29. The smallest absolute Gasteiger partial charge is 0.408 e. The number of fused-ring (bicyclic) bond motifs is 2. The monoisotopic (exact) mass is 488 g/mol. The molecule has 0 spiro atoms. The Morgan fingerprint density at radius 1 is 1.29 bits per heavy atom. The van der Waals surface area contributed by atoms with Gasteiger partial charge in [0.2, 0.25) is 17.7 Å². The predicted molar refractivity (Wildman–Crippen MR) is 121 cm³/mol. The van der Waals surface area contributed by atoms with Gasteiger partial charge in [-0.1, -0.05) is 11.3 Å². The van der Waals surface area contributed by atoms with E-state index < -0.39 is 12.7 Å². The highest BCUT2D eigenvalue weighted by Crippen LogP contribution is 2.36. The normalized spacial score (nSPS) is 20.1. The molecule has 0 atom stereocenters. The molecule has 1 aromatic carbocycles. The van der Waals surface area contributed by atoms with Gasteiger partial charge in [-0.15, -0.1) is 10.2 Å². The number of carbonyl (C=O) groups excluding carboxylic acids is 1. The molecule has 1 amide bonds. The Labute approximate surface area is 197 Å². The summed E-state index contributed by atoms with van der Waals surface area (Å²) >= 11 is 0. The molecule has 35 heavy (non-hydrogen) atoms. The predicted octanol–water partition coefficient (Wildman–Crippen LogP) is 3.18. The number of methoxy groups -OCH3 is 1. The zero-order valence-corrected chi connectivity index (χ0v) is 19.2. The Balaban J connectivity index is 1.45. The summed E-state index contributed by atoms with van der Waals surface area (Å²) in [5.74, 6) is 0.614. The van der Waals surface area contributed by atoms with Gasteiger partial charge in [0.15, 0.2) is 0 Å². The summed E-state index contributed by atoms with van der Waals surface area (Å²) in [6.07, 6.45) is -1.22. The van der Waals surface area contributed by atoms with E-state index in [1.54, 1.807) is 35.0 Å². The van der Waals surface area contributed by atoms with Crippen molar-refractivity contribution in [1.82, 2.24) is 34.9 Å². The number of amides is 1. The van der Waals surface area contributed by atoms with Gasteiger partial charge in [0.1, 0.15) is 17.6 Å². The number of hydrogen-bond donors (Lipinski definition) is 2. The zero-order chi connectivity index (χ0) is 25.0. The lowest BCUT2D eigenvalue weighted by atomic mass is 9.74. The quantitative estimate of drug-likeness (QED) is 0.429. The maximum absolute atomic E-state index is 12.9. The molecule has 5 rings (SSSR count). The fraction of sp³-hybridized carbons (Fsp3) is 0.409. The summed E-state index contributed by atoms with van der Waals surface area (Å²) in [5.41, 5.74) is 2.29. The summed E-state index contributed by atoms with van der Waals surface area (Å²) in [6, 6.07) is 6.88. The molecule has 0 radical (unpaired) electrons. The van der Waals surface area contributed by atoms with Gasteiger partial charge in [-0.25, -0.2) is 9.20 Å². The number of aromatic nitrogens is 6. The number of nitrogens with one attached hydrogen (secondary N) is 2. The van der Waals surface area contributed by atoms with E-state index in [2.05, 4.69) is 31.0 Å². The maximum Gasteiger partial charge on any atom is 0.408 e. The van der Waals surface area contributed by atoms with E-state index in [1.165, 1.54) is 14.0 Å². The van der Waals surface area contributed by atoms with Crippen LogP contribution < -0.4 is 15.4 Å². The molecule has 0 aliphatic heterocycles. The van der Waals surface area contributed by atoms with Gasteiger partial charge in [0, 0.05) is 30.3 Å². The SMILES string of the molecule is COc1nc(NC2CC(C)(NC(C)=O)C2)nn2ccc(-c3ccc4nnn(CC(F)(F)F)c4c3)c12. The third kappa shape index (κ3) is 4.45. The minimum absolute atomic E-state index is 0.0689. The molecule has 3 aromatic heterocycles. The number of alkyl halides is 3. The van der Waals surface area contributed by atoms with E-state index in [9.17, 15) is 18.0 Å². The highest BCUT2D eigenvalue weighted by atomic mass is 19.4. The van der Waals surface area contributed by atoms with Crippen molar-refractivity contribution in [3.63, 3.8) is 0 Å². The molecule has 1 aliphatic rings. The van der Waals surface area contributed by atoms with E-state index in [0.29, 0.717) is 34.0 Å². The number of halogens is 3.